The molecule has 1 aromatic carbocycles. The second kappa shape index (κ2) is 9.44. The van der Waals surface area contributed by atoms with Gasteiger partial charge in [0.15, 0.2) is 0 Å². The second-order valence-electron chi connectivity index (χ2n) is 8.27. The van der Waals surface area contributed by atoms with Gasteiger partial charge in [-0.25, -0.2) is 4.79 Å². The average Bonchev–Trinajstić information content (AvgIpc) is 3.18. The first-order valence-corrected chi connectivity index (χ1v) is 11.2. The number of carbonyl (C=O) groups is 2. The fraction of sp³-hybridized carbons (Fsp3) is 0.458. The van der Waals surface area contributed by atoms with Gasteiger partial charge in [0.25, 0.3) is 0 Å². The van der Waals surface area contributed by atoms with E-state index in [1.54, 1.807) is 23.1 Å². The standard InChI is InChI=1S/C24H28N2O3S/c1-15(2)26(22(27)19-9-5-16(3)6-10-19)23-20(24(28)29-4)13-21(30-23)18-11-7-17(14-25)8-12-18/h7-8,11-13,15-16,19H,5-6,9-10H2,1-4H3/t16-,19-. The maximum atomic E-state index is 13.5. The van der Waals surface area contributed by atoms with Crippen molar-refractivity contribution in [2.24, 2.45) is 11.8 Å². The molecule has 6 heteroatoms. The Morgan fingerprint density at radius 1 is 1.17 bits per heavy atom. The zero-order valence-corrected chi connectivity index (χ0v) is 18.8. The van der Waals surface area contributed by atoms with Crippen LogP contribution in [-0.2, 0) is 9.53 Å². The number of hydrogen-bond donors (Lipinski definition) is 0. The third-order valence-electron chi connectivity index (χ3n) is 5.75. The molecule has 5 nitrogen and oxygen atoms in total. The van der Waals surface area contributed by atoms with Gasteiger partial charge in [0.05, 0.1) is 24.3 Å². The number of anilines is 1. The summed E-state index contributed by atoms with van der Waals surface area (Å²) in [5.74, 6) is 0.304. The first-order chi connectivity index (χ1) is 14.3. The molecule has 0 radical (unpaired) electrons. The molecule has 1 aliphatic rings. The highest BCUT2D eigenvalue weighted by molar-refractivity contribution is 7.20. The molecule has 0 aliphatic heterocycles. The van der Waals surface area contributed by atoms with Crippen LogP contribution >= 0.6 is 11.3 Å². The number of rotatable bonds is 5. The molecule has 1 fully saturated rings. The van der Waals surface area contributed by atoms with Gasteiger partial charge in [-0.05, 0) is 69.2 Å². The summed E-state index contributed by atoms with van der Waals surface area (Å²) < 4.78 is 5.02. The lowest BCUT2D eigenvalue weighted by atomic mass is 9.82. The number of benzene rings is 1. The van der Waals surface area contributed by atoms with Gasteiger partial charge in [-0.1, -0.05) is 19.1 Å². The Morgan fingerprint density at radius 3 is 2.33 bits per heavy atom. The molecule has 2 aromatic rings. The summed E-state index contributed by atoms with van der Waals surface area (Å²) >= 11 is 1.42. The summed E-state index contributed by atoms with van der Waals surface area (Å²) in [6, 6.07) is 11.1. The second-order valence-corrected chi connectivity index (χ2v) is 9.30. The zero-order chi connectivity index (χ0) is 21.8. The molecule has 0 N–H and O–H groups in total. The third-order valence-corrected chi connectivity index (χ3v) is 6.94. The molecule has 158 valence electrons. The SMILES string of the molecule is COC(=O)c1cc(-c2ccc(C#N)cc2)sc1N(C(=O)[C@H]1CC[C@H](C)CC1)C(C)C. The van der Waals surface area contributed by atoms with Crippen molar-refractivity contribution in [2.45, 2.75) is 52.5 Å². The molecule has 0 spiro atoms. The number of nitrogens with zero attached hydrogens (tertiary/aromatic N) is 2. The van der Waals surface area contributed by atoms with Crippen LogP contribution in [0.15, 0.2) is 30.3 Å². The fourth-order valence-corrected chi connectivity index (χ4v) is 5.25. The van der Waals surface area contributed by atoms with Gasteiger partial charge in [-0.3, -0.25) is 4.79 Å². The highest BCUT2D eigenvalue weighted by atomic mass is 32.1. The minimum atomic E-state index is -0.447. The van der Waals surface area contributed by atoms with E-state index < -0.39 is 5.97 Å². The van der Waals surface area contributed by atoms with Gasteiger partial charge in [-0.2, -0.15) is 5.26 Å². The van der Waals surface area contributed by atoms with Crippen LogP contribution in [0.3, 0.4) is 0 Å². The van der Waals surface area contributed by atoms with Crippen LogP contribution < -0.4 is 4.90 Å². The highest BCUT2D eigenvalue weighted by Gasteiger charge is 2.33. The third kappa shape index (κ3) is 4.57. The first kappa shape index (κ1) is 22.0. The Kier molecular flexibility index (Phi) is 6.94. The fourth-order valence-electron chi connectivity index (χ4n) is 3.96. The van der Waals surface area contributed by atoms with Crippen LogP contribution in [0.2, 0.25) is 0 Å². The normalized spacial score (nSPS) is 18.7. The van der Waals surface area contributed by atoms with Crippen molar-refractivity contribution >= 4 is 28.2 Å². The Bertz CT molecular complexity index is 948. The van der Waals surface area contributed by atoms with Crippen molar-refractivity contribution in [3.8, 4) is 16.5 Å². The monoisotopic (exact) mass is 424 g/mol. The molecule has 1 amide bonds. The van der Waals surface area contributed by atoms with E-state index in [1.807, 2.05) is 26.0 Å². The summed E-state index contributed by atoms with van der Waals surface area (Å²) in [7, 11) is 1.36. The van der Waals surface area contributed by atoms with Gasteiger partial charge in [-0.15, -0.1) is 11.3 Å². The smallest absolute Gasteiger partial charge is 0.340 e. The average molecular weight is 425 g/mol. The van der Waals surface area contributed by atoms with Gasteiger partial charge in [0, 0.05) is 16.8 Å². The zero-order valence-electron chi connectivity index (χ0n) is 18.0. The molecule has 0 atom stereocenters. The number of hydrogen-bond acceptors (Lipinski definition) is 5. The molecule has 0 unspecified atom stereocenters. The van der Waals surface area contributed by atoms with E-state index in [0.717, 1.165) is 36.1 Å². The molecular weight excluding hydrogens is 396 g/mol. The summed E-state index contributed by atoms with van der Waals surface area (Å²) in [6.45, 7) is 6.19. The van der Waals surface area contributed by atoms with Crippen LogP contribution in [0.25, 0.3) is 10.4 Å². The number of esters is 1. The lowest BCUT2D eigenvalue weighted by Crippen LogP contribution is -2.42. The van der Waals surface area contributed by atoms with E-state index in [1.165, 1.54) is 18.4 Å². The number of methoxy groups -OCH3 is 1. The van der Waals surface area contributed by atoms with Crippen molar-refractivity contribution in [2.75, 3.05) is 12.0 Å². The molecule has 0 saturated heterocycles. The molecule has 0 bridgehead atoms. The number of thiophene rings is 1. The number of ether oxygens (including phenoxy) is 1. The summed E-state index contributed by atoms with van der Waals surface area (Å²) in [4.78, 5) is 28.7. The first-order valence-electron chi connectivity index (χ1n) is 10.4. The van der Waals surface area contributed by atoms with Crippen LogP contribution in [0.5, 0.6) is 0 Å². The minimum Gasteiger partial charge on any atom is -0.465 e. The van der Waals surface area contributed by atoms with Gasteiger partial charge >= 0.3 is 5.97 Å². The predicted octanol–water partition coefficient (Wildman–Crippen LogP) is 5.64. The highest BCUT2D eigenvalue weighted by Crippen LogP contribution is 2.41. The summed E-state index contributed by atoms with van der Waals surface area (Å²) in [6.07, 6.45) is 3.91. The van der Waals surface area contributed by atoms with Crippen molar-refractivity contribution in [3.05, 3.63) is 41.5 Å². The lowest BCUT2D eigenvalue weighted by molar-refractivity contribution is -0.123. The molecule has 1 aromatic heterocycles. The lowest BCUT2D eigenvalue weighted by Gasteiger charge is -2.33. The van der Waals surface area contributed by atoms with Crippen molar-refractivity contribution < 1.29 is 14.3 Å². The van der Waals surface area contributed by atoms with Crippen LogP contribution in [0, 0.1) is 23.2 Å². The molecule has 30 heavy (non-hydrogen) atoms. The predicted molar refractivity (Wildman–Crippen MR) is 120 cm³/mol. The Balaban J connectivity index is 2.01. The van der Waals surface area contributed by atoms with Crippen molar-refractivity contribution in [3.63, 3.8) is 0 Å². The summed E-state index contributed by atoms with van der Waals surface area (Å²) in [5.41, 5.74) is 1.89. The Labute approximate surface area is 182 Å². The topological polar surface area (TPSA) is 70.4 Å². The molecule has 1 saturated carbocycles. The molecule has 3 rings (SSSR count). The maximum absolute atomic E-state index is 13.5. The molecule has 1 heterocycles. The molecule has 1 aliphatic carbocycles. The number of carbonyl (C=O) groups excluding carboxylic acids is 2. The number of amides is 1. The Hall–Kier alpha value is -2.65. The van der Waals surface area contributed by atoms with E-state index in [9.17, 15) is 9.59 Å². The van der Waals surface area contributed by atoms with Gasteiger partial charge in [0.1, 0.15) is 5.00 Å². The van der Waals surface area contributed by atoms with E-state index in [4.69, 9.17) is 10.00 Å². The van der Waals surface area contributed by atoms with Crippen molar-refractivity contribution in [1.29, 1.82) is 5.26 Å². The molecular formula is C24H28N2O3S. The Morgan fingerprint density at radius 2 is 1.80 bits per heavy atom. The van der Waals surface area contributed by atoms with Crippen molar-refractivity contribution in [1.82, 2.24) is 0 Å². The van der Waals surface area contributed by atoms with E-state index >= 15 is 0 Å². The van der Waals surface area contributed by atoms with E-state index in [0.29, 0.717) is 22.0 Å². The van der Waals surface area contributed by atoms with E-state index in [-0.39, 0.29) is 17.9 Å². The number of nitriles is 1. The quantitative estimate of drug-likeness (QED) is 0.582. The minimum absolute atomic E-state index is 0.00504. The van der Waals surface area contributed by atoms with E-state index in [2.05, 4.69) is 13.0 Å². The maximum Gasteiger partial charge on any atom is 0.340 e. The summed E-state index contributed by atoms with van der Waals surface area (Å²) in [5, 5.41) is 9.67. The van der Waals surface area contributed by atoms with Crippen LogP contribution in [0.4, 0.5) is 5.00 Å². The van der Waals surface area contributed by atoms with Gasteiger partial charge in [0.2, 0.25) is 5.91 Å². The largest absolute Gasteiger partial charge is 0.465 e. The van der Waals surface area contributed by atoms with Crippen LogP contribution in [0.1, 0.15) is 62.4 Å². The van der Waals surface area contributed by atoms with Gasteiger partial charge < -0.3 is 9.64 Å². The van der Waals surface area contributed by atoms with Crippen LogP contribution in [-0.4, -0.2) is 25.0 Å².